The van der Waals surface area contributed by atoms with E-state index in [0.717, 1.165) is 23.2 Å². The van der Waals surface area contributed by atoms with Gasteiger partial charge in [-0.25, -0.2) is 0 Å². The van der Waals surface area contributed by atoms with E-state index < -0.39 is 0 Å². The second-order valence-corrected chi connectivity index (χ2v) is 5.86. The van der Waals surface area contributed by atoms with Gasteiger partial charge >= 0.3 is 0 Å². The minimum absolute atomic E-state index is 0.0650. The van der Waals surface area contributed by atoms with Crippen LogP contribution in [0.4, 0.5) is 0 Å². The summed E-state index contributed by atoms with van der Waals surface area (Å²) in [6.07, 6.45) is 6.21. The van der Waals surface area contributed by atoms with Gasteiger partial charge in [0.1, 0.15) is 0 Å². The Morgan fingerprint density at radius 3 is 2.60 bits per heavy atom. The maximum Gasteiger partial charge on any atom is 0.227 e. The fourth-order valence-electron chi connectivity index (χ4n) is 2.84. The second-order valence-electron chi connectivity index (χ2n) is 5.86. The van der Waals surface area contributed by atoms with Crippen molar-refractivity contribution in [3.63, 3.8) is 0 Å². The molecular weight excluding hydrogens is 312 g/mol. The number of aromatic nitrogens is 3. The summed E-state index contributed by atoms with van der Waals surface area (Å²) in [7, 11) is 0. The molecule has 25 heavy (non-hydrogen) atoms. The molecule has 0 aliphatic rings. The standard InChI is InChI=1S/C20H22N4O/c1-2-18(16-6-4-3-5-7-16)20(25)22-13-15-24-14-10-19(23-24)17-8-11-21-12-9-17/h3-12,14,18H,2,13,15H2,1H3,(H,22,25)/t18-/m1/s1. The Kier molecular flexibility index (Phi) is 5.57. The van der Waals surface area contributed by atoms with Gasteiger partial charge in [0, 0.05) is 30.7 Å². The SMILES string of the molecule is CC[C@@H](C(=O)NCCn1ccc(-c2ccncc2)n1)c1ccccc1. The van der Waals surface area contributed by atoms with Crippen molar-refractivity contribution in [2.45, 2.75) is 25.8 Å². The van der Waals surface area contributed by atoms with Crippen LogP contribution in [0.2, 0.25) is 0 Å². The first-order valence-electron chi connectivity index (χ1n) is 8.54. The molecule has 2 aromatic heterocycles. The molecule has 0 saturated carbocycles. The third-order valence-electron chi connectivity index (χ3n) is 4.18. The van der Waals surface area contributed by atoms with Crippen LogP contribution in [0.1, 0.15) is 24.8 Å². The molecule has 0 radical (unpaired) electrons. The number of nitrogens with one attached hydrogen (secondary N) is 1. The van der Waals surface area contributed by atoms with Crippen molar-refractivity contribution in [3.05, 3.63) is 72.7 Å². The van der Waals surface area contributed by atoms with Crippen LogP contribution in [-0.4, -0.2) is 27.2 Å². The monoisotopic (exact) mass is 334 g/mol. The largest absolute Gasteiger partial charge is 0.354 e. The van der Waals surface area contributed by atoms with Crippen molar-refractivity contribution in [2.75, 3.05) is 6.54 Å². The number of benzene rings is 1. The van der Waals surface area contributed by atoms with Gasteiger partial charge in [0.15, 0.2) is 0 Å². The van der Waals surface area contributed by atoms with Crippen LogP contribution in [0.3, 0.4) is 0 Å². The third kappa shape index (κ3) is 4.32. The van der Waals surface area contributed by atoms with Gasteiger partial charge in [-0.2, -0.15) is 5.10 Å². The van der Waals surface area contributed by atoms with Crippen LogP contribution < -0.4 is 5.32 Å². The molecule has 0 saturated heterocycles. The van der Waals surface area contributed by atoms with Crippen molar-refractivity contribution in [1.82, 2.24) is 20.1 Å². The van der Waals surface area contributed by atoms with E-state index in [0.29, 0.717) is 13.1 Å². The van der Waals surface area contributed by atoms with Gasteiger partial charge < -0.3 is 5.32 Å². The Labute approximate surface area is 147 Å². The molecule has 3 aromatic rings. The van der Waals surface area contributed by atoms with Crippen LogP contribution in [0, 0.1) is 0 Å². The second kappa shape index (κ2) is 8.24. The van der Waals surface area contributed by atoms with Gasteiger partial charge in [0.2, 0.25) is 5.91 Å². The lowest BCUT2D eigenvalue weighted by atomic mass is 9.96. The van der Waals surface area contributed by atoms with Crippen molar-refractivity contribution < 1.29 is 4.79 Å². The number of carbonyl (C=O) groups is 1. The van der Waals surface area contributed by atoms with Crippen LogP contribution in [0.5, 0.6) is 0 Å². The molecule has 0 aliphatic carbocycles. The number of hydrogen-bond donors (Lipinski definition) is 1. The van der Waals surface area contributed by atoms with Crippen molar-refractivity contribution >= 4 is 5.91 Å². The minimum Gasteiger partial charge on any atom is -0.354 e. The lowest BCUT2D eigenvalue weighted by molar-refractivity contribution is -0.122. The van der Waals surface area contributed by atoms with Crippen molar-refractivity contribution in [3.8, 4) is 11.3 Å². The molecule has 0 aliphatic heterocycles. The fourth-order valence-corrected chi connectivity index (χ4v) is 2.84. The predicted molar refractivity (Wildman–Crippen MR) is 97.9 cm³/mol. The van der Waals surface area contributed by atoms with E-state index in [2.05, 4.69) is 15.4 Å². The number of hydrogen-bond acceptors (Lipinski definition) is 3. The highest BCUT2D eigenvalue weighted by Crippen LogP contribution is 2.19. The summed E-state index contributed by atoms with van der Waals surface area (Å²) < 4.78 is 1.85. The minimum atomic E-state index is -0.105. The molecule has 0 spiro atoms. The number of pyridine rings is 1. The normalized spacial score (nSPS) is 11.9. The number of rotatable bonds is 7. The molecule has 1 aromatic carbocycles. The molecule has 1 amide bonds. The van der Waals surface area contributed by atoms with E-state index >= 15 is 0 Å². The van der Waals surface area contributed by atoms with Gasteiger partial charge in [-0.05, 0) is 30.2 Å². The molecule has 0 unspecified atom stereocenters. The molecule has 1 atom stereocenters. The molecule has 128 valence electrons. The predicted octanol–water partition coefficient (Wildman–Crippen LogP) is 3.26. The van der Waals surface area contributed by atoms with E-state index in [1.807, 2.05) is 66.3 Å². The lowest BCUT2D eigenvalue weighted by Crippen LogP contribution is -2.31. The summed E-state index contributed by atoms with van der Waals surface area (Å²) in [6, 6.07) is 15.7. The lowest BCUT2D eigenvalue weighted by Gasteiger charge is -2.15. The summed E-state index contributed by atoms with van der Waals surface area (Å²) in [4.78, 5) is 16.5. The van der Waals surface area contributed by atoms with Crippen LogP contribution in [-0.2, 0) is 11.3 Å². The van der Waals surface area contributed by atoms with E-state index in [1.165, 1.54) is 0 Å². The first kappa shape index (κ1) is 16.9. The third-order valence-corrected chi connectivity index (χ3v) is 4.18. The Morgan fingerprint density at radius 1 is 1.12 bits per heavy atom. The highest BCUT2D eigenvalue weighted by atomic mass is 16.1. The molecule has 2 heterocycles. The Bertz CT molecular complexity index is 799. The molecular formula is C20H22N4O. The Balaban J connectivity index is 1.54. The van der Waals surface area contributed by atoms with E-state index in [4.69, 9.17) is 0 Å². The van der Waals surface area contributed by atoms with Crippen molar-refractivity contribution in [1.29, 1.82) is 0 Å². The van der Waals surface area contributed by atoms with Crippen LogP contribution in [0.25, 0.3) is 11.3 Å². The molecule has 0 bridgehead atoms. The van der Waals surface area contributed by atoms with Gasteiger partial charge in [0.05, 0.1) is 18.2 Å². The number of carbonyl (C=O) groups excluding carboxylic acids is 1. The maximum absolute atomic E-state index is 12.4. The highest BCUT2D eigenvalue weighted by molar-refractivity contribution is 5.83. The summed E-state index contributed by atoms with van der Waals surface area (Å²) in [5.74, 6) is -0.0404. The summed E-state index contributed by atoms with van der Waals surface area (Å²) in [5, 5.41) is 7.56. The molecule has 1 N–H and O–H groups in total. The number of nitrogens with zero attached hydrogens (tertiary/aromatic N) is 3. The van der Waals surface area contributed by atoms with Gasteiger partial charge in [-0.15, -0.1) is 0 Å². The zero-order valence-electron chi connectivity index (χ0n) is 14.3. The molecule has 0 fully saturated rings. The van der Waals surface area contributed by atoms with E-state index in [9.17, 15) is 4.79 Å². The first-order chi connectivity index (χ1) is 12.3. The van der Waals surface area contributed by atoms with Crippen LogP contribution in [0.15, 0.2) is 67.1 Å². The molecule has 5 heteroatoms. The summed E-state index contributed by atoms with van der Waals surface area (Å²) in [5.41, 5.74) is 3.00. The average molecular weight is 334 g/mol. The topological polar surface area (TPSA) is 59.8 Å². The van der Waals surface area contributed by atoms with Gasteiger partial charge in [-0.3, -0.25) is 14.5 Å². The fraction of sp³-hybridized carbons (Fsp3) is 0.250. The number of amides is 1. The summed E-state index contributed by atoms with van der Waals surface area (Å²) in [6.45, 7) is 3.23. The van der Waals surface area contributed by atoms with Gasteiger partial charge in [-0.1, -0.05) is 37.3 Å². The highest BCUT2D eigenvalue weighted by Gasteiger charge is 2.17. The smallest absolute Gasteiger partial charge is 0.227 e. The average Bonchev–Trinajstić information content (AvgIpc) is 3.13. The summed E-state index contributed by atoms with van der Waals surface area (Å²) >= 11 is 0. The van der Waals surface area contributed by atoms with E-state index in [1.54, 1.807) is 12.4 Å². The van der Waals surface area contributed by atoms with Crippen molar-refractivity contribution in [2.24, 2.45) is 0 Å². The van der Waals surface area contributed by atoms with Crippen LogP contribution >= 0.6 is 0 Å². The Morgan fingerprint density at radius 2 is 1.88 bits per heavy atom. The Hall–Kier alpha value is -2.95. The molecule has 5 nitrogen and oxygen atoms in total. The maximum atomic E-state index is 12.4. The first-order valence-corrected chi connectivity index (χ1v) is 8.54. The molecule has 3 rings (SSSR count). The quantitative estimate of drug-likeness (QED) is 0.721. The zero-order valence-corrected chi connectivity index (χ0v) is 14.3. The van der Waals surface area contributed by atoms with E-state index in [-0.39, 0.29) is 11.8 Å². The zero-order chi connectivity index (χ0) is 17.5. The van der Waals surface area contributed by atoms with Gasteiger partial charge in [0.25, 0.3) is 0 Å².